The second-order valence-corrected chi connectivity index (χ2v) is 10.8. The Kier molecular flexibility index (Phi) is 8.25. The van der Waals surface area contributed by atoms with Crippen molar-refractivity contribution in [3.8, 4) is 17.4 Å². The van der Waals surface area contributed by atoms with E-state index in [1.165, 1.54) is 23.6 Å². The third-order valence-electron chi connectivity index (χ3n) is 8.11. The lowest BCUT2D eigenvalue weighted by Gasteiger charge is -2.32. The largest absolute Gasteiger partial charge is 0.492 e. The highest BCUT2D eigenvalue weighted by Gasteiger charge is 2.26. The fourth-order valence-corrected chi connectivity index (χ4v) is 5.87. The first kappa shape index (κ1) is 28.0. The van der Waals surface area contributed by atoms with Crippen LogP contribution in [0.4, 0.5) is 0 Å². The Hall–Kier alpha value is -4.15. The van der Waals surface area contributed by atoms with Crippen molar-refractivity contribution < 1.29 is 28.8 Å². The SMILES string of the molecule is COc1c(C(=O)O)cnn1-c1cccc(C2=CCCC(C)=C2OCc2ccc3c(c2)OCCN(C2CCOCC2)C3)n1. The highest BCUT2D eigenvalue weighted by atomic mass is 16.5. The van der Waals surface area contributed by atoms with Crippen LogP contribution in [0.5, 0.6) is 11.6 Å². The summed E-state index contributed by atoms with van der Waals surface area (Å²) in [5.74, 6) is 1.20. The molecule has 220 valence electrons. The van der Waals surface area contributed by atoms with Crippen LogP contribution in [0.1, 0.15) is 59.8 Å². The van der Waals surface area contributed by atoms with Gasteiger partial charge in [-0.3, -0.25) is 4.90 Å². The van der Waals surface area contributed by atoms with Crippen LogP contribution in [-0.2, 0) is 22.6 Å². The van der Waals surface area contributed by atoms with E-state index in [4.69, 9.17) is 23.9 Å². The first-order valence-corrected chi connectivity index (χ1v) is 14.4. The summed E-state index contributed by atoms with van der Waals surface area (Å²) in [6.07, 6.45) is 7.33. The Morgan fingerprint density at radius 2 is 2.02 bits per heavy atom. The highest BCUT2D eigenvalue weighted by Crippen LogP contribution is 2.35. The van der Waals surface area contributed by atoms with Crippen LogP contribution in [0, 0.1) is 0 Å². The standard InChI is InChI=1S/C32H36N4O6/c1-21-5-3-6-25(27-7-4-8-29(34-27)36-31(39-2)26(18-33-36)32(37)38)30(21)42-20-22-9-10-23-19-35(13-16-41-28(23)17-22)24-11-14-40-15-12-24/h4,6-10,17-18,24H,3,5,11-16,19-20H2,1-2H3,(H,37,38). The van der Waals surface area contributed by atoms with Crippen molar-refractivity contribution in [3.05, 3.63) is 82.4 Å². The number of hydrogen-bond acceptors (Lipinski definition) is 8. The number of methoxy groups -OCH3 is 1. The van der Waals surface area contributed by atoms with E-state index in [0.717, 1.165) is 85.9 Å². The molecule has 0 bridgehead atoms. The monoisotopic (exact) mass is 572 g/mol. The summed E-state index contributed by atoms with van der Waals surface area (Å²) >= 11 is 0. The summed E-state index contributed by atoms with van der Waals surface area (Å²) in [6.45, 7) is 6.63. The van der Waals surface area contributed by atoms with Gasteiger partial charge in [0.15, 0.2) is 5.82 Å². The first-order chi connectivity index (χ1) is 20.5. The molecule has 6 rings (SSSR count). The molecule has 4 heterocycles. The number of carboxylic acid groups (broad SMARTS) is 1. The molecule has 10 nitrogen and oxygen atoms in total. The van der Waals surface area contributed by atoms with Gasteiger partial charge in [0.25, 0.3) is 0 Å². The number of rotatable bonds is 8. The van der Waals surface area contributed by atoms with Crippen LogP contribution >= 0.6 is 0 Å². The van der Waals surface area contributed by atoms with Crippen molar-refractivity contribution in [2.75, 3.05) is 33.5 Å². The summed E-state index contributed by atoms with van der Waals surface area (Å²) in [5.41, 5.74) is 5.00. The molecule has 0 radical (unpaired) electrons. The van der Waals surface area contributed by atoms with Gasteiger partial charge < -0.3 is 24.1 Å². The molecule has 0 amide bonds. The third kappa shape index (κ3) is 5.77. The molecular formula is C32H36N4O6. The molecule has 3 aromatic rings. The molecule has 0 saturated carbocycles. The van der Waals surface area contributed by atoms with Crippen molar-refractivity contribution >= 4 is 11.5 Å². The highest BCUT2D eigenvalue weighted by molar-refractivity contribution is 5.90. The average Bonchev–Trinajstić information content (AvgIpc) is 3.34. The topological polar surface area (TPSA) is 108 Å². The van der Waals surface area contributed by atoms with Crippen molar-refractivity contribution in [2.24, 2.45) is 0 Å². The molecule has 1 N–H and O–H groups in total. The predicted octanol–water partition coefficient (Wildman–Crippen LogP) is 5.02. The third-order valence-corrected chi connectivity index (χ3v) is 8.11. The minimum atomic E-state index is -1.11. The Morgan fingerprint density at radius 3 is 2.83 bits per heavy atom. The number of aromatic carboxylic acids is 1. The molecule has 1 aliphatic carbocycles. The molecule has 1 fully saturated rings. The van der Waals surface area contributed by atoms with E-state index in [1.54, 1.807) is 6.07 Å². The summed E-state index contributed by atoms with van der Waals surface area (Å²) in [4.78, 5) is 18.9. The zero-order chi connectivity index (χ0) is 29.1. The minimum absolute atomic E-state index is 0.0256. The lowest BCUT2D eigenvalue weighted by molar-refractivity contribution is 0.0294. The molecule has 0 unspecified atom stereocenters. The van der Waals surface area contributed by atoms with Gasteiger partial charge in [-0.25, -0.2) is 9.78 Å². The molecule has 0 atom stereocenters. The summed E-state index contributed by atoms with van der Waals surface area (Å²) in [7, 11) is 1.42. The maximum absolute atomic E-state index is 11.6. The molecule has 2 aliphatic heterocycles. The van der Waals surface area contributed by atoms with Crippen molar-refractivity contribution in [3.63, 3.8) is 0 Å². The van der Waals surface area contributed by atoms with E-state index in [0.29, 0.717) is 25.1 Å². The van der Waals surface area contributed by atoms with Gasteiger partial charge in [-0.15, -0.1) is 0 Å². The number of carboxylic acids is 1. The van der Waals surface area contributed by atoms with Crippen molar-refractivity contribution in [2.45, 2.75) is 51.8 Å². The maximum atomic E-state index is 11.6. The van der Waals surface area contributed by atoms with Crippen LogP contribution in [0.3, 0.4) is 0 Å². The van der Waals surface area contributed by atoms with Crippen molar-refractivity contribution in [1.82, 2.24) is 19.7 Å². The van der Waals surface area contributed by atoms with Crippen LogP contribution in [0.15, 0.2) is 60.0 Å². The van der Waals surface area contributed by atoms with Crippen LogP contribution in [-0.4, -0.2) is 70.3 Å². The summed E-state index contributed by atoms with van der Waals surface area (Å²) < 4.78 is 25.0. The van der Waals surface area contributed by atoms with E-state index >= 15 is 0 Å². The quantitative estimate of drug-likeness (QED) is 0.398. The van der Waals surface area contributed by atoms with Gasteiger partial charge in [-0.1, -0.05) is 24.3 Å². The lowest BCUT2D eigenvalue weighted by Crippen LogP contribution is -2.40. The van der Waals surface area contributed by atoms with Gasteiger partial charge in [0.1, 0.15) is 30.3 Å². The number of benzene rings is 1. The first-order valence-electron chi connectivity index (χ1n) is 14.4. The van der Waals surface area contributed by atoms with Crippen LogP contribution < -0.4 is 9.47 Å². The Morgan fingerprint density at radius 1 is 1.17 bits per heavy atom. The van der Waals surface area contributed by atoms with Gasteiger partial charge in [-0.2, -0.15) is 9.78 Å². The van der Waals surface area contributed by atoms with Gasteiger partial charge in [0.05, 0.1) is 19.0 Å². The molecule has 42 heavy (non-hydrogen) atoms. The van der Waals surface area contributed by atoms with Crippen LogP contribution in [0.25, 0.3) is 11.4 Å². The van der Waals surface area contributed by atoms with E-state index in [1.807, 2.05) is 12.1 Å². The second-order valence-electron chi connectivity index (χ2n) is 10.8. The van der Waals surface area contributed by atoms with E-state index in [9.17, 15) is 9.90 Å². The number of hydrogen-bond donors (Lipinski definition) is 1. The Bertz CT molecular complexity index is 1520. The van der Waals surface area contributed by atoms with E-state index in [2.05, 4.69) is 41.2 Å². The van der Waals surface area contributed by atoms with E-state index in [-0.39, 0.29) is 11.4 Å². The fourth-order valence-electron chi connectivity index (χ4n) is 5.87. The molecule has 0 spiro atoms. The van der Waals surface area contributed by atoms with Crippen LogP contribution in [0.2, 0.25) is 0 Å². The number of ether oxygens (including phenoxy) is 4. The number of nitrogens with zero attached hydrogens (tertiary/aromatic N) is 4. The second kappa shape index (κ2) is 12.4. The Labute approximate surface area is 245 Å². The lowest BCUT2D eigenvalue weighted by atomic mass is 9.96. The van der Waals surface area contributed by atoms with Gasteiger partial charge in [0, 0.05) is 43.5 Å². The average molecular weight is 573 g/mol. The van der Waals surface area contributed by atoms with Gasteiger partial charge in [0.2, 0.25) is 5.88 Å². The fraction of sp³-hybridized carbons (Fsp3) is 0.406. The predicted molar refractivity (Wildman–Crippen MR) is 156 cm³/mol. The number of pyridine rings is 1. The number of allylic oxidation sites excluding steroid dienone is 3. The normalized spacial score (nSPS) is 18.1. The van der Waals surface area contributed by atoms with E-state index < -0.39 is 5.97 Å². The minimum Gasteiger partial charge on any atom is -0.492 e. The molecule has 1 saturated heterocycles. The molecule has 1 aromatic carbocycles. The zero-order valence-electron chi connectivity index (χ0n) is 24.0. The molecule has 2 aromatic heterocycles. The van der Waals surface area contributed by atoms with Crippen molar-refractivity contribution in [1.29, 1.82) is 0 Å². The summed E-state index contributed by atoms with van der Waals surface area (Å²) in [6, 6.07) is 12.5. The maximum Gasteiger partial charge on any atom is 0.342 e. The zero-order valence-corrected chi connectivity index (χ0v) is 24.0. The number of carbonyl (C=O) groups is 1. The molecule has 3 aliphatic rings. The number of aromatic nitrogens is 3. The molecule has 10 heteroatoms. The Balaban J connectivity index is 1.19. The smallest absolute Gasteiger partial charge is 0.342 e. The van der Waals surface area contributed by atoms with Gasteiger partial charge >= 0.3 is 5.97 Å². The summed E-state index contributed by atoms with van der Waals surface area (Å²) in [5, 5.41) is 13.7. The molecular weight excluding hydrogens is 536 g/mol. The number of fused-ring (bicyclic) bond motifs is 1. The van der Waals surface area contributed by atoms with Gasteiger partial charge in [-0.05, 0) is 61.9 Å².